The maximum atomic E-state index is 11.9. The highest BCUT2D eigenvalue weighted by atomic mass is 32.2. The summed E-state index contributed by atoms with van der Waals surface area (Å²) in [5.41, 5.74) is -0.0639. The Kier molecular flexibility index (Phi) is 4.18. The van der Waals surface area contributed by atoms with Crippen LogP contribution in [-0.4, -0.2) is 55.0 Å². The van der Waals surface area contributed by atoms with Crippen LogP contribution in [0.4, 0.5) is 0 Å². The number of carbonyl (C=O) groups excluding carboxylic acids is 1. The van der Waals surface area contributed by atoms with Crippen LogP contribution >= 0.6 is 0 Å². The molecule has 7 heteroatoms. The van der Waals surface area contributed by atoms with E-state index in [1.54, 1.807) is 0 Å². The molecule has 0 heterocycles. The zero-order chi connectivity index (χ0) is 13.9. The number of hydrogen-bond acceptors (Lipinski definition) is 5. The quantitative estimate of drug-likeness (QED) is 0.765. The number of para-hydroxylation sites is 1. The molecule has 100 valence electrons. The Morgan fingerprint density at radius 1 is 1.33 bits per heavy atom. The Morgan fingerprint density at radius 2 is 1.94 bits per heavy atom. The van der Waals surface area contributed by atoms with Crippen molar-refractivity contribution >= 4 is 15.7 Å². The minimum atomic E-state index is -3.16. The molecule has 0 fully saturated rings. The monoisotopic (exact) mass is 273 g/mol. The smallest absolute Gasteiger partial charge is 0.257 e. The minimum Gasteiger partial charge on any atom is -0.504 e. The zero-order valence-electron chi connectivity index (χ0n) is 10.1. The van der Waals surface area contributed by atoms with E-state index in [0.29, 0.717) is 0 Å². The van der Waals surface area contributed by atoms with Crippen molar-refractivity contribution in [1.82, 2.24) is 4.90 Å². The highest BCUT2D eigenvalue weighted by molar-refractivity contribution is 7.90. The van der Waals surface area contributed by atoms with E-state index in [0.717, 1.165) is 6.26 Å². The first kappa shape index (κ1) is 14.3. The molecule has 0 unspecified atom stereocenters. The van der Waals surface area contributed by atoms with Crippen LogP contribution in [0.25, 0.3) is 0 Å². The molecule has 0 bridgehead atoms. The van der Waals surface area contributed by atoms with Gasteiger partial charge in [-0.2, -0.15) is 0 Å². The summed E-state index contributed by atoms with van der Waals surface area (Å²) >= 11 is 0. The summed E-state index contributed by atoms with van der Waals surface area (Å²) in [7, 11) is -1.73. The van der Waals surface area contributed by atoms with Crippen LogP contribution in [0.3, 0.4) is 0 Å². The van der Waals surface area contributed by atoms with Crippen LogP contribution in [0.1, 0.15) is 10.4 Å². The third kappa shape index (κ3) is 3.63. The van der Waals surface area contributed by atoms with Crippen molar-refractivity contribution in [2.75, 3.05) is 25.6 Å². The maximum Gasteiger partial charge on any atom is 0.257 e. The fraction of sp³-hybridized carbons (Fsp3) is 0.364. The summed E-state index contributed by atoms with van der Waals surface area (Å²) in [5, 5.41) is 18.8. The van der Waals surface area contributed by atoms with Crippen LogP contribution in [0.15, 0.2) is 18.2 Å². The predicted molar refractivity (Wildman–Crippen MR) is 66.4 cm³/mol. The highest BCUT2D eigenvalue weighted by Gasteiger charge is 2.18. The molecule has 0 aromatic heterocycles. The number of amides is 1. The molecule has 1 rings (SSSR count). The molecule has 0 atom stereocenters. The van der Waals surface area contributed by atoms with Crippen molar-refractivity contribution in [2.24, 2.45) is 0 Å². The Labute approximate surface area is 105 Å². The molecule has 2 N–H and O–H groups in total. The molecule has 1 aromatic carbocycles. The maximum absolute atomic E-state index is 11.9. The number of phenolic OH excluding ortho intramolecular Hbond substituents is 2. The van der Waals surface area contributed by atoms with E-state index in [2.05, 4.69) is 0 Å². The summed E-state index contributed by atoms with van der Waals surface area (Å²) in [6, 6.07) is 4.03. The van der Waals surface area contributed by atoms with Gasteiger partial charge in [0.2, 0.25) is 0 Å². The summed E-state index contributed by atoms with van der Waals surface area (Å²) in [4.78, 5) is 13.1. The molecule has 1 aromatic rings. The van der Waals surface area contributed by atoms with E-state index in [1.807, 2.05) is 0 Å². The van der Waals surface area contributed by atoms with Crippen molar-refractivity contribution in [1.29, 1.82) is 0 Å². The fourth-order valence-electron chi connectivity index (χ4n) is 1.31. The third-order valence-electron chi connectivity index (χ3n) is 2.39. The van der Waals surface area contributed by atoms with Gasteiger partial charge < -0.3 is 15.1 Å². The van der Waals surface area contributed by atoms with Gasteiger partial charge in [-0.15, -0.1) is 0 Å². The van der Waals surface area contributed by atoms with E-state index in [4.69, 9.17) is 0 Å². The molecule has 0 aliphatic rings. The van der Waals surface area contributed by atoms with Crippen molar-refractivity contribution in [3.8, 4) is 11.5 Å². The SMILES string of the molecule is CN(CCS(C)(=O)=O)C(=O)c1cccc(O)c1O. The van der Waals surface area contributed by atoms with E-state index < -0.39 is 27.2 Å². The molecule has 0 saturated carbocycles. The Morgan fingerprint density at radius 3 is 2.50 bits per heavy atom. The number of benzene rings is 1. The third-order valence-corrected chi connectivity index (χ3v) is 3.31. The molecule has 18 heavy (non-hydrogen) atoms. The van der Waals surface area contributed by atoms with Crippen LogP contribution < -0.4 is 0 Å². The number of sulfone groups is 1. The zero-order valence-corrected chi connectivity index (χ0v) is 10.9. The lowest BCUT2D eigenvalue weighted by atomic mass is 10.1. The van der Waals surface area contributed by atoms with Crippen LogP contribution in [0.5, 0.6) is 11.5 Å². The van der Waals surface area contributed by atoms with E-state index in [9.17, 15) is 23.4 Å². The largest absolute Gasteiger partial charge is 0.504 e. The van der Waals surface area contributed by atoms with Crippen molar-refractivity contribution in [2.45, 2.75) is 0 Å². The summed E-state index contributed by atoms with van der Waals surface area (Å²) in [6.07, 6.45) is 1.08. The first-order chi connectivity index (χ1) is 8.22. The van der Waals surface area contributed by atoms with E-state index in [-0.39, 0.29) is 17.9 Å². The molecule has 6 nitrogen and oxygen atoms in total. The van der Waals surface area contributed by atoms with Gasteiger partial charge in [0.05, 0.1) is 11.3 Å². The summed E-state index contributed by atoms with van der Waals surface area (Å²) in [5.74, 6) is -1.60. The second-order valence-corrected chi connectivity index (χ2v) is 6.29. The summed E-state index contributed by atoms with van der Waals surface area (Å²) in [6.45, 7) is 0.0206. The lowest BCUT2D eigenvalue weighted by Gasteiger charge is -2.17. The highest BCUT2D eigenvalue weighted by Crippen LogP contribution is 2.28. The fourth-order valence-corrected chi connectivity index (χ4v) is 1.92. The Balaban J connectivity index is 2.84. The van der Waals surface area contributed by atoms with Gasteiger partial charge in [0.25, 0.3) is 5.91 Å². The van der Waals surface area contributed by atoms with E-state index >= 15 is 0 Å². The predicted octanol–water partition coefficient (Wildman–Crippen LogP) is 0.214. The van der Waals surface area contributed by atoms with Gasteiger partial charge in [-0.05, 0) is 12.1 Å². The molecular formula is C11H15NO5S. The lowest BCUT2D eigenvalue weighted by molar-refractivity contribution is 0.0799. The Hall–Kier alpha value is -1.76. The first-order valence-electron chi connectivity index (χ1n) is 5.16. The number of phenols is 2. The molecule has 0 aliphatic heterocycles. The second kappa shape index (κ2) is 5.26. The molecule has 0 spiro atoms. The van der Waals surface area contributed by atoms with Gasteiger partial charge in [0.1, 0.15) is 9.84 Å². The average Bonchev–Trinajstić information content (AvgIpc) is 2.28. The Bertz CT molecular complexity index is 553. The van der Waals surface area contributed by atoms with Crippen LogP contribution in [0.2, 0.25) is 0 Å². The van der Waals surface area contributed by atoms with Gasteiger partial charge in [-0.25, -0.2) is 8.42 Å². The summed E-state index contributed by atoms with van der Waals surface area (Å²) < 4.78 is 22.0. The van der Waals surface area contributed by atoms with Crippen molar-refractivity contribution in [3.05, 3.63) is 23.8 Å². The minimum absolute atomic E-state index is 0.0206. The second-order valence-electron chi connectivity index (χ2n) is 4.03. The first-order valence-corrected chi connectivity index (χ1v) is 7.22. The molecule has 0 radical (unpaired) electrons. The van der Waals surface area contributed by atoms with Crippen molar-refractivity contribution < 1.29 is 23.4 Å². The van der Waals surface area contributed by atoms with E-state index in [1.165, 1.54) is 30.1 Å². The number of rotatable bonds is 4. The number of aromatic hydroxyl groups is 2. The molecule has 0 aliphatic carbocycles. The number of carbonyl (C=O) groups is 1. The van der Waals surface area contributed by atoms with Gasteiger partial charge >= 0.3 is 0 Å². The number of hydrogen-bond donors (Lipinski definition) is 2. The standard InChI is InChI=1S/C11H15NO5S/c1-12(6-7-18(2,16)17)11(15)8-4-3-5-9(13)10(8)14/h3-5,13-14H,6-7H2,1-2H3. The molecule has 1 amide bonds. The van der Waals surface area contributed by atoms with Gasteiger partial charge in [-0.1, -0.05) is 6.07 Å². The van der Waals surface area contributed by atoms with Gasteiger partial charge in [0, 0.05) is 19.8 Å². The van der Waals surface area contributed by atoms with Gasteiger partial charge in [-0.3, -0.25) is 4.79 Å². The van der Waals surface area contributed by atoms with Gasteiger partial charge in [0.15, 0.2) is 11.5 Å². The molecular weight excluding hydrogens is 258 g/mol. The lowest BCUT2D eigenvalue weighted by Crippen LogP contribution is -2.31. The van der Waals surface area contributed by atoms with Crippen LogP contribution in [0, 0.1) is 0 Å². The normalized spacial score (nSPS) is 11.2. The average molecular weight is 273 g/mol. The topological polar surface area (TPSA) is 94.9 Å². The molecule has 0 saturated heterocycles. The number of nitrogens with zero attached hydrogens (tertiary/aromatic N) is 1. The van der Waals surface area contributed by atoms with Crippen molar-refractivity contribution in [3.63, 3.8) is 0 Å². The van der Waals surface area contributed by atoms with Crippen LogP contribution in [-0.2, 0) is 9.84 Å².